The number of Topliss-reactive ketones (excluding diaryl/α,β-unsaturated/α-hetero) is 1. The summed E-state index contributed by atoms with van der Waals surface area (Å²) < 4.78 is 0. The standard InChI is InChI=1S/C14H20BrNO/c1-3-13(15)14(17)11(2)9-16-10-12-7-5-4-6-8-12/h4-8,11,13,16H,3,9-10H2,1-2H3. The predicted octanol–water partition coefficient (Wildman–Crippen LogP) is 3.15. The minimum absolute atomic E-state index is 0.00368. The summed E-state index contributed by atoms with van der Waals surface area (Å²) in [6.45, 7) is 5.54. The molecule has 0 fully saturated rings. The number of carbonyl (C=O) groups excluding carboxylic acids is 1. The van der Waals surface area contributed by atoms with E-state index in [2.05, 4.69) is 33.4 Å². The Labute approximate surface area is 112 Å². The Kier molecular flexibility index (Phi) is 6.45. The van der Waals surface area contributed by atoms with Gasteiger partial charge in [0.15, 0.2) is 5.78 Å². The van der Waals surface area contributed by atoms with Crippen molar-refractivity contribution in [2.45, 2.75) is 31.6 Å². The Morgan fingerprint density at radius 2 is 2.00 bits per heavy atom. The molecule has 0 spiro atoms. The first kappa shape index (κ1) is 14.4. The zero-order valence-corrected chi connectivity index (χ0v) is 12.0. The fourth-order valence-electron chi connectivity index (χ4n) is 1.64. The molecular formula is C14H20BrNO. The van der Waals surface area contributed by atoms with Gasteiger partial charge in [0.05, 0.1) is 4.83 Å². The number of benzene rings is 1. The monoisotopic (exact) mass is 297 g/mol. The average molecular weight is 298 g/mol. The van der Waals surface area contributed by atoms with Crippen LogP contribution in [0.1, 0.15) is 25.8 Å². The van der Waals surface area contributed by atoms with Gasteiger partial charge < -0.3 is 5.32 Å². The lowest BCUT2D eigenvalue weighted by molar-refractivity contribution is -0.121. The van der Waals surface area contributed by atoms with Crippen molar-refractivity contribution in [3.8, 4) is 0 Å². The fraction of sp³-hybridized carbons (Fsp3) is 0.500. The maximum Gasteiger partial charge on any atom is 0.150 e. The molecule has 3 heteroatoms. The average Bonchev–Trinajstić information content (AvgIpc) is 2.38. The van der Waals surface area contributed by atoms with E-state index in [1.54, 1.807) is 0 Å². The molecule has 0 radical (unpaired) electrons. The van der Waals surface area contributed by atoms with Crippen LogP contribution < -0.4 is 5.32 Å². The number of alkyl halides is 1. The zero-order chi connectivity index (χ0) is 12.7. The highest BCUT2D eigenvalue weighted by molar-refractivity contribution is 9.10. The van der Waals surface area contributed by atoms with Gasteiger partial charge in [0, 0.05) is 19.0 Å². The van der Waals surface area contributed by atoms with Gasteiger partial charge in [-0.1, -0.05) is 60.1 Å². The highest BCUT2D eigenvalue weighted by atomic mass is 79.9. The number of carbonyl (C=O) groups is 1. The van der Waals surface area contributed by atoms with Crippen molar-refractivity contribution in [2.75, 3.05) is 6.54 Å². The molecule has 1 aromatic rings. The molecule has 1 aromatic carbocycles. The lowest BCUT2D eigenvalue weighted by atomic mass is 10.0. The lowest BCUT2D eigenvalue weighted by Gasteiger charge is -2.14. The van der Waals surface area contributed by atoms with E-state index in [0.29, 0.717) is 0 Å². The topological polar surface area (TPSA) is 29.1 Å². The van der Waals surface area contributed by atoms with Crippen LogP contribution >= 0.6 is 15.9 Å². The van der Waals surface area contributed by atoms with Gasteiger partial charge in [-0.25, -0.2) is 0 Å². The van der Waals surface area contributed by atoms with Gasteiger partial charge >= 0.3 is 0 Å². The van der Waals surface area contributed by atoms with Crippen molar-refractivity contribution in [3.05, 3.63) is 35.9 Å². The van der Waals surface area contributed by atoms with E-state index in [4.69, 9.17) is 0 Å². The summed E-state index contributed by atoms with van der Waals surface area (Å²) >= 11 is 3.40. The molecule has 2 nitrogen and oxygen atoms in total. The summed E-state index contributed by atoms with van der Waals surface area (Å²) in [6.07, 6.45) is 0.849. The SMILES string of the molecule is CCC(Br)C(=O)C(C)CNCc1ccccc1. The second-order valence-corrected chi connectivity index (χ2v) is 5.40. The van der Waals surface area contributed by atoms with E-state index >= 15 is 0 Å². The Balaban J connectivity index is 2.29. The third-order valence-corrected chi connectivity index (χ3v) is 3.87. The van der Waals surface area contributed by atoms with Crippen molar-refractivity contribution in [3.63, 3.8) is 0 Å². The van der Waals surface area contributed by atoms with Gasteiger partial charge in [-0.05, 0) is 12.0 Å². The van der Waals surface area contributed by atoms with E-state index in [-0.39, 0.29) is 16.5 Å². The highest BCUT2D eigenvalue weighted by Crippen LogP contribution is 2.11. The second-order valence-electron chi connectivity index (χ2n) is 4.30. The summed E-state index contributed by atoms with van der Waals surface area (Å²) in [7, 11) is 0. The first-order valence-electron chi connectivity index (χ1n) is 6.07. The fourth-order valence-corrected chi connectivity index (χ4v) is 2.09. The van der Waals surface area contributed by atoms with Gasteiger partial charge in [-0.3, -0.25) is 4.79 Å². The maximum absolute atomic E-state index is 11.8. The van der Waals surface area contributed by atoms with Crippen molar-refractivity contribution in [1.82, 2.24) is 5.32 Å². The molecule has 0 aliphatic rings. The Hall–Kier alpha value is -0.670. The van der Waals surface area contributed by atoms with E-state index < -0.39 is 0 Å². The molecule has 2 unspecified atom stereocenters. The number of rotatable bonds is 7. The van der Waals surface area contributed by atoms with E-state index in [9.17, 15) is 4.79 Å². The normalized spacial score (nSPS) is 14.3. The van der Waals surface area contributed by atoms with Gasteiger partial charge in [-0.15, -0.1) is 0 Å². The minimum atomic E-state index is -0.00368. The number of halogens is 1. The van der Waals surface area contributed by atoms with Crippen LogP contribution in [0.2, 0.25) is 0 Å². The Morgan fingerprint density at radius 3 is 2.59 bits per heavy atom. The third-order valence-electron chi connectivity index (χ3n) is 2.78. The summed E-state index contributed by atoms with van der Waals surface area (Å²) in [5.41, 5.74) is 1.25. The molecule has 0 aromatic heterocycles. The van der Waals surface area contributed by atoms with E-state index in [0.717, 1.165) is 19.5 Å². The highest BCUT2D eigenvalue weighted by Gasteiger charge is 2.19. The molecule has 94 valence electrons. The predicted molar refractivity (Wildman–Crippen MR) is 75.3 cm³/mol. The summed E-state index contributed by atoms with van der Waals surface area (Å²) in [5.74, 6) is 0.344. The lowest BCUT2D eigenvalue weighted by Crippen LogP contribution is -2.30. The van der Waals surface area contributed by atoms with Crippen molar-refractivity contribution < 1.29 is 4.79 Å². The van der Waals surface area contributed by atoms with Gasteiger partial charge in [0.25, 0.3) is 0 Å². The number of ketones is 1. The van der Waals surface area contributed by atoms with Crippen LogP contribution in [0.4, 0.5) is 0 Å². The largest absolute Gasteiger partial charge is 0.312 e. The molecular weight excluding hydrogens is 278 g/mol. The number of hydrogen-bond acceptors (Lipinski definition) is 2. The van der Waals surface area contributed by atoms with Crippen LogP contribution in [0.3, 0.4) is 0 Å². The van der Waals surface area contributed by atoms with Crippen LogP contribution in [-0.2, 0) is 11.3 Å². The van der Waals surface area contributed by atoms with Gasteiger partial charge in [0.1, 0.15) is 0 Å². The van der Waals surface area contributed by atoms with Gasteiger partial charge in [-0.2, -0.15) is 0 Å². The molecule has 1 N–H and O–H groups in total. The molecule has 1 rings (SSSR count). The zero-order valence-electron chi connectivity index (χ0n) is 10.4. The molecule has 0 aliphatic carbocycles. The quantitative estimate of drug-likeness (QED) is 0.784. The van der Waals surface area contributed by atoms with E-state index in [1.807, 2.05) is 32.0 Å². The van der Waals surface area contributed by atoms with Crippen molar-refractivity contribution >= 4 is 21.7 Å². The molecule has 0 saturated carbocycles. The van der Waals surface area contributed by atoms with Crippen LogP contribution in [-0.4, -0.2) is 17.2 Å². The Bertz CT molecular complexity index is 339. The molecule has 0 amide bonds. The van der Waals surface area contributed by atoms with Crippen molar-refractivity contribution in [2.24, 2.45) is 5.92 Å². The summed E-state index contributed by atoms with van der Waals surface area (Å²) in [4.78, 5) is 11.8. The summed E-state index contributed by atoms with van der Waals surface area (Å²) in [5, 5.41) is 3.32. The van der Waals surface area contributed by atoms with Crippen molar-refractivity contribution in [1.29, 1.82) is 0 Å². The smallest absolute Gasteiger partial charge is 0.150 e. The Morgan fingerprint density at radius 1 is 1.35 bits per heavy atom. The maximum atomic E-state index is 11.8. The van der Waals surface area contributed by atoms with Crippen LogP contribution in [0, 0.1) is 5.92 Å². The molecule has 0 saturated heterocycles. The van der Waals surface area contributed by atoms with Gasteiger partial charge in [0.2, 0.25) is 0 Å². The third kappa shape index (κ3) is 5.00. The molecule has 2 atom stereocenters. The number of nitrogens with one attached hydrogen (secondary N) is 1. The molecule has 0 bridgehead atoms. The van der Waals surface area contributed by atoms with Crippen LogP contribution in [0.25, 0.3) is 0 Å². The first-order valence-corrected chi connectivity index (χ1v) is 6.99. The molecule has 17 heavy (non-hydrogen) atoms. The van der Waals surface area contributed by atoms with Crippen LogP contribution in [0.15, 0.2) is 30.3 Å². The number of hydrogen-bond donors (Lipinski definition) is 1. The van der Waals surface area contributed by atoms with E-state index in [1.165, 1.54) is 5.56 Å². The summed E-state index contributed by atoms with van der Waals surface area (Å²) in [6, 6.07) is 10.2. The molecule has 0 aliphatic heterocycles. The first-order chi connectivity index (χ1) is 8.15. The minimum Gasteiger partial charge on any atom is -0.312 e. The second kappa shape index (κ2) is 7.62. The van der Waals surface area contributed by atoms with Crippen LogP contribution in [0.5, 0.6) is 0 Å². The molecule has 0 heterocycles.